The number of anilines is 2. The van der Waals surface area contributed by atoms with Crippen LogP contribution in [0.15, 0.2) is 24.3 Å². The second-order valence-corrected chi connectivity index (χ2v) is 4.76. The van der Waals surface area contributed by atoms with Crippen LogP contribution in [-0.4, -0.2) is 38.6 Å². The van der Waals surface area contributed by atoms with Gasteiger partial charge >= 0.3 is 0 Å². The van der Waals surface area contributed by atoms with E-state index in [1.807, 2.05) is 35.0 Å². The van der Waals surface area contributed by atoms with Crippen molar-refractivity contribution in [2.75, 3.05) is 36.5 Å². The van der Waals surface area contributed by atoms with Gasteiger partial charge in [0.2, 0.25) is 5.91 Å². The van der Waals surface area contributed by atoms with Crippen LogP contribution in [0.3, 0.4) is 0 Å². The Balaban J connectivity index is 2.02. The zero-order chi connectivity index (χ0) is 11.8. The van der Waals surface area contributed by atoms with Crippen LogP contribution in [0.25, 0.3) is 0 Å². The van der Waals surface area contributed by atoms with Gasteiger partial charge in [0.1, 0.15) is 0 Å². The summed E-state index contributed by atoms with van der Waals surface area (Å²) >= 11 is 0. The minimum Gasteiger partial charge on any atom is -0.364 e. The number of hydrogen-bond acceptors (Lipinski definition) is 3. The Morgan fingerprint density at radius 1 is 1.29 bits per heavy atom. The van der Waals surface area contributed by atoms with E-state index >= 15 is 0 Å². The summed E-state index contributed by atoms with van der Waals surface area (Å²) in [6, 6.07) is 8.47. The van der Waals surface area contributed by atoms with E-state index in [0.717, 1.165) is 30.9 Å². The topological polar surface area (TPSA) is 35.6 Å². The average Bonchev–Trinajstić information content (AvgIpc) is 2.83. The normalized spacial score (nSPS) is 24.1. The predicted octanol–water partition coefficient (Wildman–Crippen LogP) is 0.831. The van der Waals surface area contributed by atoms with E-state index in [2.05, 4.69) is 11.4 Å². The van der Waals surface area contributed by atoms with Crippen molar-refractivity contribution in [3.05, 3.63) is 24.3 Å². The summed E-state index contributed by atoms with van der Waals surface area (Å²) in [5, 5.41) is 3.32. The quantitative estimate of drug-likeness (QED) is 0.777. The number of nitrogens with one attached hydrogen (secondary N) is 1. The highest BCUT2D eigenvalue weighted by Gasteiger charge is 2.33. The molecule has 1 fully saturated rings. The van der Waals surface area contributed by atoms with E-state index in [1.165, 1.54) is 0 Å². The Bertz CT molecular complexity index is 440. The molecule has 4 nitrogen and oxygen atoms in total. The monoisotopic (exact) mass is 231 g/mol. The number of carbonyl (C=O) groups excluding carboxylic acids is 1. The first-order valence-corrected chi connectivity index (χ1v) is 6.10. The number of nitrogens with zero attached hydrogens (tertiary/aromatic N) is 2. The van der Waals surface area contributed by atoms with Crippen LogP contribution in [0.4, 0.5) is 11.4 Å². The van der Waals surface area contributed by atoms with Gasteiger partial charge in [0.15, 0.2) is 0 Å². The number of benzene rings is 1. The molecule has 1 N–H and O–H groups in total. The molecule has 17 heavy (non-hydrogen) atoms. The molecule has 1 unspecified atom stereocenters. The Morgan fingerprint density at radius 2 is 2.06 bits per heavy atom. The van der Waals surface area contributed by atoms with Crippen LogP contribution in [0.2, 0.25) is 0 Å². The van der Waals surface area contributed by atoms with Gasteiger partial charge in [-0.05, 0) is 25.1 Å². The molecule has 2 heterocycles. The van der Waals surface area contributed by atoms with Gasteiger partial charge in [-0.15, -0.1) is 0 Å². The Kier molecular flexibility index (Phi) is 2.52. The molecule has 0 bridgehead atoms. The van der Waals surface area contributed by atoms with Crippen molar-refractivity contribution in [3.63, 3.8) is 0 Å². The van der Waals surface area contributed by atoms with Crippen molar-refractivity contribution in [3.8, 4) is 0 Å². The van der Waals surface area contributed by atoms with Crippen molar-refractivity contribution in [2.45, 2.75) is 12.5 Å². The largest absolute Gasteiger partial charge is 0.364 e. The second-order valence-electron chi connectivity index (χ2n) is 4.76. The smallest absolute Gasteiger partial charge is 0.246 e. The minimum absolute atomic E-state index is 0.208. The summed E-state index contributed by atoms with van der Waals surface area (Å²) in [6.07, 6.45) is 1.05. The maximum atomic E-state index is 12.2. The van der Waals surface area contributed by atoms with Crippen LogP contribution in [0, 0.1) is 0 Å². The Labute approximate surface area is 101 Å². The van der Waals surface area contributed by atoms with E-state index < -0.39 is 0 Å². The number of fused-ring (bicyclic) bond motifs is 1. The summed E-state index contributed by atoms with van der Waals surface area (Å²) in [7, 11) is 1.97. The van der Waals surface area contributed by atoms with Gasteiger partial charge in [-0.3, -0.25) is 4.79 Å². The molecule has 2 aliphatic heterocycles. The maximum Gasteiger partial charge on any atom is 0.246 e. The van der Waals surface area contributed by atoms with Crippen molar-refractivity contribution in [2.24, 2.45) is 0 Å². The lowest BCUT2D eigenvalue weighted by Crippen LogP contribution is -2.50. The Hall–Kier alpha value is -1.55. The predicted molar refractivity (Wildman–Crippen MR) is 68.5 cm³/mol. The molecule has 0 radical (unpaired) electrons. The third-order valence-corrected chi connectivity index (χ3v) is 3.59. The average molecular weight is 231 g/mol. The highest BCUT2D eigenvalue weighted by atomic mass is 16.2. The molecule has 0 spiro atoms. The molecular formula is C13H17N3O. The first kappa shape index (κ1) is 10.6. The van der Waals surface area contributed by atoms with Crippen LogP contribution in [0.5, 0.6) is 0 Å². The summed E-state index contributed by atoms with van der Waals surface area (Å²) in [5.74, 6) is 0.208. The van der Waals surface area contributed by atoms with Gasteiger partial charge in [0, 0.05) is 13.6 Å². The number of likely N-dealkylation sites (N-methyl/N-ethyl adjacent to an activating group) is 1. The first-order valence-electron chi connectivity index (χ1n) is 6.10. The molecule has 90 valence electrons. The molecule has 0 aliphatic carbocycles. The zero-order valence-corrected chi connectivity index (χ0v) is 10.0. The molecule has 1 aromatic rings. The van der Waals surface area contributed by atoms with Crippen molar-refractivity contribution in [1.82, 2.24) is 5.32 Å². The lowest BCUT2D eigenvalue weighted by Gasteiger charge is -2.38. The molecule has 1 aromatic carbocycles. The van der Waals surface area contributed by atoms with E-state index in [1.54, 1.807) is 0 Å². The van der Waals surface area contributed by atoms with Gasteiger partial charge in [-0.1, -0.05) is 12.1 Å². The molecule has 1 saturated heterocycles. The van der Waals surface area contributed by atoms with Crippen LogP contribution < -0.4 is 15.1 Å². The number of hydrogen-bond donors (Lipinski definition) is 1. The summed E-state index contributed by atoms with van der Waals surface area (Å²) in [4.78, 5) is 16.2. The lowest BCUT2D eigenvalue weighted by molar-refractivity contribution is -0.117. The molecule has 2 aliphatic rings. The molecule has 3 rings (SSSR count). The fraction of sp³-hybridized carbons (Fsp3) is 0.462. The van der Waals surface area contributed by atoms with Gasteiger partial charge in [0.05, 0.1) is 24.0 Å². The highest BCUT2D eigenvalue weighted by molar-refractivity contribution is 6.03. The highest BCUT2D eigenvalue weighted by Crippen LogP contribution is 2.34. The van der Waals surface area contributed by atoms with Gasteiger partial charge in [0.25, 0.3) is 0 Å². The van der Waals surface area contributed by atoms with Crippen LogP contribution in [-0.2, 0) is 4.79 Å². The lowest BCUT2D eigenvalue weighted by atomic mass is 10.1. The summed E-state index contributed by atoms with van der Waals surface area (Å²) in [6.45, 7) is 2.39. The van der Waals surface area contributed by atoms with E-state index in [9.17, 15) is 4.79 Å². The fourth-order valence-electron chi connectivity index (χ4n) is 2.75. The van der Waals surface area contributed by atoms with Crippen molar-refractivity contribution >= 4 is 17.3 Å². The van der Waals surface area contributed by atoms with Gasteiger partial charge in [-0.2, -0.15) is 0 Å². The fourth-order valence-corrected chi connectivity index (χ4v) is 2.75. The number of carbonyl (C=O) groups is 1. The molecule has 0 saturated carbocycles. The summed E-state index contributed by atoms with van der Waals surface area (Å²) < 4.78 is 0. The van der Waals surface area contributed by atoms with Crippen LogP contribution >= 0.6 is 0 Å². The third kappa shape index (κ3) is 1.69. The van der Waals surface area contributed by atoms with E-state index in [0.29, 0.717) is 12.6 Å². The summed E-state index contributed by atoms with van der Waals surface area (Å²) in [5.41, 5.74) is 2.21. The van der Waals surface area contributed by atoms with E-state index in [4.69, 9.17) is 0 Å². The third-order valence-electron chi connectivity index (χ3n) is 3.59. The number of amides is 1. The zero-order valence-electron chi connectivity index (χ0n) is 10.0. The molecule has 4 heteroatoms. The molecular weight excluding hydrogens is 214 g/mol. The number of para-hydroxylation sites is 2. The molecule has 0 aromatic heterocycles. The number of rotatable bonds is 1. The molecule has 1 amide bonds. The minimum atomic E-state index is 0.208. The Morgan fingerprint density at radius 3 is 2.76 bits per heavy atom. The van der Waals surface area contributed by atoms with Crippen molar-refractivity contribution < 1.29 is 4.79 Å². The van der Waals surface area contributed by atoms with Gasteiger partial charge in [-0.25, -0.2) is 0 Å². The second kappa shape index (κ2) is 4.04. The van der Waals surface area contributed by atoms with E-state index in [-0.39, 0.29) is 5.91 Å². The maximum absolute atomic E-state index is 12.2. The molecule has 1 atom stereocenters. The van der Waals surface area contributed by atoms with Crippen molar-refractivity contribution in [1.29, 1.82) is 0 Å². The van der Waals surface area contributed by atoms with Gasteiger partial charge < -0.3 is 15.1 Å². The standard InChI is InChI=1S/C13H17N3O/c1-15-9-13(17)16(10-6-7-14-8-10)12-5-3-2-4-11(12)15/h2-5,10,14H,6-9H2,1H3. The van der Waals surface area contributed by atoms with Crippen LogP contribution in [0.1, 0.15) is 6.42 Å². The SMILES string of the molecule is CN1CC(=O)N(C2CCNC2)c2ccccc21. The first-order chi connectivity index (χ1) is 8.27.